The molecule has 7 heteroatoms. The van der Waals surface area contributed by atoms with Crippen LogP contribution in [0.25, 0.3) is 5.82 Å². The fraction of sp³-hybridized carbons (Fsp3) is 0.500. The summed E-state index contributed by atoms with van der Waals surface area (Å²) in [6, 6.07) is 5.71. The number of piperazine rings is 1. The second-order valence-electron chi connectivity index (χ2n) is 6.17. The van der Waals surface area contributed by atoms with Crippen molar-refractivity contribution in [2.24, 2.45) is 5.92 Å². The number of hydrogen-bond donors (Lipinski definition) is 0. The zero-order chi connectivity index (χ0) is 16.2. The molecule has 1 aliphatic heterocycles. The summed E-state index contributed by atoms with van der Waals surface area (Å²) in [4.78, 5) is 16.2. The van der Waals surface area contributed by atoms with Crippen LogP contribution in [0, 0.1) is 5.92 Å². The van der Waals surface area contributed by atoms with Crippen LogP contribution in [0.4, 0.5) is 5.82 Å². The van der Waals surface area contributed by atoms with E-state index in [4.69, 9.17) is 0 Å². The lowest BCUT2D eigenvalue weighted by Crippen LogP contribution is -2.49. The molecule has 122 valence electrons. The van der Waals surface area contributed by atoms with E-state index in [9.17, 15) is 4.79 Å². The number of rotatable bonds is 4. The molecule has 0 aliphatic carbocycles. The van der Waals surface area contributed by atoms with Gasteiger partial charge in [-0.15, -0.1) is 10.2 Å². The van der Waals surface area contributed by atoms with Crippen LogP contribution in [0.2, 0.25) is 0 Å². The lowest BCUT2D eigenvalue weighted by molar-refractivity contribution is -0.132. The highest BCUT2D eigenvalue weighted by Gasteiger charge is 2.22. The third-order valence-corrected chi connectivity index (χ3v) is 3.91. The first-order chi connectivity index (χ1) is 11.1. The van der Waals surface area contributed by atoms with E-state index in [0.29, 0.717) is 18.2 Å². The van der Waals surface area contributed by atoms with Crippen molar-refractivity contribution in [2.45, 2.75) is 20.3 Å². The van der Waals surface area contributed by atoms with Gasteiger partial charge in [-0.05, 0) is 24.1 Å². The number of nitrogens with zero attached hydrogens (tertiary/aromatic N) is 6. The average Bonchev–Trinajstić information content (AvgIpc) is 3.09. The van der Waals surface area contributed by atoms with Crippen molar-refractivity contribution in [1.82, 2.24) is 24.9 Å². The van der Waals surface area contributed by atoms with Crippen LogP contribution in [0.3, 0.4) is 0 Å². The zero-order valence-corrected chi connectivity index (χ0v) is 13.6. The number of carbonyl (C=O) groups is 1. The van der Waals surface area contributed by atoms with Crippen molar-refractivity contribution >= 4 is 11.7 Å². The van der Waals surface area contributed by atoms with Gasteiger partial charge >= 0.3 is 0 Å². The van der Waals surface area contributed by atoms with Gasteiger partial charge in [-0.25, -0.2) is 4.68 Å². The van der Waals surface area contributed by atoms with E-state index in [1.807, 2.05) is 29.3 Å². The monoisotopic (exact) mass is 314 g/mol. The van der Waals surface area contributed by atoms with Gasteiger partial charge in [-0.2, -0.15) is 5.10 Å². The molecule has 1 amide bonds. The summed E-state index contributed by atoms with van der Waals surface area (Å²) in [6.07, 6.45) is 4.17. The Morgan fingerprint density at radius 1 is 1.13 bits per heavy atom. The molecule has 2 aromatic heterocycles. The van der Waals surface area contributed by atoms with Crippen molar-refractivity contribution in [3.8, 4) is 5.82 Å². The van der Waals surface area contributed by atoms with Gasteiger partial charge in [0.1, 0.15) is 0 Å². The van der Waals surface area contributed by atoms with Crippen LogP contribution in [-0.4, -0.2) is 57.0 Å². The molecule has 2 aromatic rings. The standard InChI is InChI=1S/C16H22N6O/c1-13(2)12-16(23)21-10-8-20(9-11-21)14-4-5-15(19-18-14)22-7-3-6-17-22/h3-7,13H,8-12H2,1-2H3. The van der Waals surface area contributed by atoms with Gasteiger partial charge in [0.05, 0.1) is 0 Å². The summed E-state index contributed by atoms with van der Waals surface area (Å²) >= 11 is 0. The Morgan fingerprint density at radius 2 is 1.83 bits per heavy atom. The molecule has 23 heavy (non-hydrogen) atoms. The molecule has 1 fully saturated rings. The summed E-state index contributed by atoms with van der Waals surface area (Å²) in [7, 11) is 0. The molecule has 1 aliphatic rings. The van der Waals surface area contributed by atoms with Crippen molar-refractivity contribution in [3.63, 3.8) is 0 Å². The molecule has 3 rings (SSSR count). The van der Waals surface area contributed by atoms with Crippen LogP contribution < -0.4 is 4.90 Å². The zero-order valence-electron chi connectivity index (χ0n) is 13.6. The molecule has 0 unspecified atom stereocenters. The second kappa shape index (κ2) is 6.76. The lowest BCUT2D eigenvalue weighted by atomic mass is 10.1. The van der Waals surface area contributed by atoms with Gasteiger partial charge < -0.3 is 9.80 Å². The Labute approximate surface area is 135 Å². The summed E-state index contributed by atoms with van der Waals surface area (Å²) < 4.78 is 1.68. The Hall–Kier alpha value is -2.44. The molecule has 1 saturated heterocycles. The number of anilines is 1. The first-order valence-corrected chi connectivity index (χ1v) is 8.00. The van der Waals surface area contributed by atoms with Crippen LogP contribution >= 0.6 is 0 Å². The van der Waals surface area contributed by atoms with Gasteiger partial charge in [0.15, 0.2) is 11.6 Å². The molecular formula is C16H22N6O. The van der Waals surface area contributed by atoms with E-state index >= 15 is 0 Å². The van der Waals surface area contributed by atoms with Crippen molar-refractivity contribution in [3.05, 3.63) is 30.6 Å². The number of hydrogen-bond acceptors (Lipinski definition) is 5. The Bertz CT molecular complexity index is 629. The van der Waals surface area contributed by atoms with Crippen LogP contribution in [0.5, 0.6) is 0 Å². The molecule has 3 heterocycles. The van der Waals surface area contributed by atoms with E-state index in [0.717, 1.165) is 32.0 Å². The summed E-state index contributed by atoms with van der Waals surface area (Å²) in [5.74, 6) is 2.20. The molecule has 0 spiro atoms. The Balaban J connectivity index is 1.58. The van der Waals surface area contributed by atoms with E-state index in [1.165, 1.54) is 0 Å². The maximum absolute atomic E-state index is 12.1. The predicted octanol–water partition coefficient (Wildman–Crippen LogP) is 1.36. The second-order valence-corrected chi connectivity index (χ2v) is 6.17. The van der Waals surface area contributed by atoms with E-state index in [1.54, 1.807) is 10.9 Å². The molecule has 7 nitrogen and oxygen atoms in total. The Kier molecular flexibility index (Phi) is 4.55. The van der Waals surface area contributed by atoms with Crippen molar-refractivity contribution in [1.29, 1.82) is 0 Å². The number of aromatic nitrogens is 4. The third-order valence-electron chi connectivity index (χ3n) is 3.91. The van der Waals surface area contributed by atoms with Gasteiger partial charge in [0, 0.05) is 45.0 Å². The normalized spacial score (nSPS) is 15.3. The molecule has 0 saturated carbocycles. The largest absolute Gasteiger partial charge is 0.352 e. The SMILES string of the molecule is CC(C)CC(=O)N1CCN(c2ccc(-n3cccn3)nn2)CC1. The van der Waals surface area contributed by atoms with Gasteiger partial charge in [-0.1, -0.05) is 13.8 Å². The van der Waals surface area contributed by atoms with Crippen LogP contribution in [0.15, 0.2) is 30.6 Å². The summed E-state index contributed by atoms with van der Waals surface area (Å²) in [5, 5.41) is 12.6. The highest BCUT2D eigenvalue weighted by molar-refractivity contribution is 5.76. The third kappa shape index (κ3) is 3.67. The minimum Gasteiger partial charge on any atom is -0.352 e. The minimum atomic E-state index is 0.250. The fourth-order valence-electron chi connectivity index (χ4n) is 2.68. The van der Waals surface area contributed by atoms with E-state index < -0.39 is 0 Å². The Morgan fingerprint density at radius 3 is 2.39 bits per heavy atom. The van der Waals surface area contributed by atoms with Gasteiger partial charge in [0.25, 0.3) is 0 Å². The highest BCUT2D eigenvalue weighted by Crippen LogP contribution is 2.15. The molecule has 0 bridgehead atoms. The van der Waals surface area contributed by atoms with Crippen molar-refractivity contribution in [2.75, 3.05) is 31.1 Å². The molecule has 0 atom stereocenters. The van der Waals surface area contributed by atoms with Gasteiger partial charge in [0.2, 0.25) is 5.91 Å². The first kappa shape index (κ1) is 15.5. The number of amides is 1. The molecule has 0 aromatic carbocycles. The highest BCUT2D eigenvalue weighted by atomic mass is 16.2. The fourth-order valence-corrected chi connectivity index (χ4v) is 2.68. The molecule has 0 N–H and O–H groups in total. The molecule has 0 radical (unpaired) electrons. The van der Waals surface area contributed by atoms with E-state index in [-0.39, 0.29) is 5.91 Å². The maximum Gasteiger partial charge on any atom is 0.222 e. The maximum atomic E-state index is 12.1. The smallest absolute Gasteiger partial charge is 0.222 e. The minimum absolute atomic E-state index is 0.250. The summed E-state index contributed by atoms with van der Waals surface area (Å²) in [6.45, 7) is 7.22. The molecular weight excluding hydrogens is 292 g/mol. The number of carbonyl (C=O) groups excluding carboxylic acids is 1. The lowest BCUT2D eigenvalue weighted by Gasteiger charge is -2.35. The quantitative estimate of drug-likeness (QED) is 0.852. The first-order valence-electron chi connectivity index (χ1n) is 8.00. The topological polar surface area (TPSA) is 67.2 Å². The van der Waals surface area contributed by atoms with Gasteiger partial charge in [-0.3, -0.25) is 4.79 Å². The summed E-state index contributed by atoms with van der Waals surface area (Å²) in [5.41, 5.74) is 0. The van der Waals surface area contributed by atoms with Crippen LogP contribution in [0.1, 0.15) is 20.3 Å². The predicted molar refractivity (Wildman–Crippen MR) is 87.4 cm³/mol. The average molecular weight is 314 g/mol. The van der Waals surface area contributed by atoms with E-state index in [2.05, 4.69) is 34.0 Å². The van der Waals surface area contributed by atoms with Crippen LogP contribution in [-0.2, 0) is 4.79 Å². The van der Waals surface area contributed by atoms with Crippen molar-refractivity contribution < 1.29 is 4.79 Å².